The van der Waals surface area contributed by atoms with E-state index in [9.17, 15) is 4.79 Å². The van der Waals surface area contributed by atoms with Crippen molar-refractivity contribution >= 4 is 33.1 Å². The highest BCUT2D eigenvalue weighted by molar-refractivity contribution is 7.18. The van der Waals surface area contributed by atoms with Crippen molar-refractivity contribution in [2.45, 2.75) is 12.6 Å². The highest BCUT2D eigenvalue weighted by Crippen LogP contribution is 2.27. The van der Waals surface area contributed by atoms with Crippen molar-refractivity contribution in [2.24, 2.45) is 0 Å². The second-order valence-corrected chi connectivity index (χ2v) is 8.14. The SMILES string of the molecule is COc1cccc(NC(=O)[C@H](c2ccccc2)N(C)Cc2nc3ccccc3s2)c1. The van der Waals surface area contributed by atoms with Crippen LogP contribution in [-0.2, 0) is 11.3 Å². The van der Waals surface area contributed by atoms with Gasteiger partial charge in [-0.25, -0.2) is 4.98 Å². The summed E-state index contributed by atoms with van der Waals surface area (Å²) >= 11 is 1.66. The summed E-state index contributed by atoms with van der Waals surface area (Å²) in [5.41, 5.74) is 2.62. The number of carbonyl (C=O) groups excluding carboxylic acids is 1. The van der Waals surface area contributed by atoms with Crippen molar-refractivity contribution in [2.75, 3.05) is 19.5 Å². The van der Waals surface area contributed by atoms with E-state index in [-0.39, 0.29) is 5.91 Å². The van der Waals surface area contributed by atoms with Crippen LogP contribution in [0.25, 0.3) is 10.2 Å². The summed E-state index contributed by atoms with van der Waals surface area (Å²) in [6.45, 7) is 0.574. The zero-order valence-corrected chi connectivity index (χ0v) is 17.7. The zero-order valence-electron chi connectivity index (χ0n) is 16.9. The summed E-state index contributed by atoms with van der Waals surface area (Å²) in [5, 5.41) is 4.01. The first kappa shape index (κ1) is 20.1. The number of hydrogen-bond donors (Lipinski definition) is 1. The summed E-state index contributed by atoms with van der Waals surface area (Å²) in [4.78, 5) is 20.1. The molecule has 6 heteroatoms. The number of likely N-dealkylation sites (N-methyl/N-ethyl adjacent to an activating group) is 1. The van der Waals surface area contributed by atoms with E-state index in [1.165, 1.54) is 0 Å². The van der Waals surface area contributed by atoms with Crippen LogP contribution >= 0.6 is 11.3 Å². The molecule has 3 aromatic carbocycles. The molecule has 4 rings (SSSR count). The number of carbonyl (C=O) groups is 1. The van der Waals surface area contributed by atoms with Crippen LogP contribution < -0.4 is 10.1 Å². The van der Waals surface area contributed by atoms with Crippen LogP contribution in [0.1, 0.15) is 16.6 Å². The fourth-order valence-corrected chi connectivity index (χ4v) is 4.48. The monoisotopic (exact) mass is 417 g/mol. The van der Waals surface area contributed by atoms with Gasteiger partial charge in [-0.2, -0.15) is 0 Å². The normalized spacial score (nSPS) is 12.1. The lowest BCUT2D eigenvalue weighted by Gasteiger charge is -2.27. The Labute approximate surface area is 179 Å². The third-order valence-electron chi connectivity index (χ3n) is 4.86. The van der Waals surface area contributed by atoms with Gasteiger partial charge >= 0.3 is 0 Å². The summed E-state index contributed by atoms with van der Waals surface area (Å²) in [6.07, 6.45) is 0. The number of nitrogens with one attached hydrogen (secondary N) is 1. The van der Waals surface area contributed by atoms with Crippen molar-refractivity contribution in [1.82, 2.24) is 9.88 Å². The van der Waals surface area contributed by atoms with Gasteiger partial charge in [0.2, 0.25) is 5.91 Å². The molecule has 0 unspecified atom stereocenters. The van der Waals surface area contributed by atoms with E-state index in [1.807, 2.05) is 84.7 Å². The average Bonchev–Trinajstić information content (AvgIpc) is 3.17. The number of anilines is 1. The molecular weight excluding hydrogens is 394 g/mol. The largest absolute Gasteiger partial charge is 0.497 e. The molecule has 1 N–H and O–H groups in total. The minimum Gasteiger partial charge on any atom is -0.497 e. The summed E-state index contributed by atoms with van der Waals surface area (Å²) in [7, 11) is 3.56. The number of benzene rings is 3. The maximum Gasteiger partial charge on any atom is 0.246 e. The van der Waals surface area contributed by atoms with Crippen LogP contribution in [-0.4, -0.2) is 29.9 Å². The van der Waals surface area contributed by atoms with Gasteiger partial charge in [-0.05, 0) is 36.9 Å². The molecule has 0 spiro atoms. The molecule has 0 radical (unpaired) electrons. The number of rotatable bonds is 7. The molecule has 30 heavy (non-hydrogen) atoms. The number of thiazole rings is 1. The number of hydrogen-bond acceptors (Lipinski definition) is 5. The van der Waals surface area contributed by atoms with E-state index < -0.39 is 6.04 Å². The molecule has 1 aromatic heterocycles. The van der Waals surface area contributed by atoms with E-state index in [1.54, 1.807) is 18.4 Å². The van der Waals surface area contributed by atoms with E-state index in [2.05, 4.69) is 11.4 Å². The van der Waals surface area contributed by atoms with E-state index >= 15 is 0 Å². The Morgan fingerprint density at radius 1 is 1.07 bits per heavy atom. The Morgan fingerprint density at radius 3 is 2.60 bits per heavy atom. The lowest BCUT2D eigenvalue weighted by Crippen LogP contribution is -2.34. The van der Waals surface area contributed by atoms with Gasteiger partial charge in [0.1, 0.15) is 16.8 Å². The maximum absolute atomic E-state index is 13.3. The lowest BCUT2D eigenvalue weighted by molar-refractivity contribution is -0.121. The number of para-hydroxylation sites is 1. The molecule has 0 aliphatic carbocycles. The molecule has 1 amide bonds. The Balaban J connectivity index is 1.59. The van der Waals surface area contributed by atoms with Crippen molar-refractivity contribution in [1.29, 1.82) is 0 Å². The number of amides is 1. The summed E-state index contributed by atoms with van der Waals surface area (Å²) in [5.74, 6) is 0.602. The first-order valence-corrected chi connectivity index (χ1v) is 10.5. The van der Waals surface area contributed by atoms with Gasteiger partial charge in [-0.1, -0.05) is 48.5 Å². The molecule has 4 aromatic rings. The molecule has 0 aliphatic rings. The molecule has 0 fully saturated rings. The van der Waals surface area contributed by atoms with Crippen LogP contribution in [0.5, 0.6) is 5.75 Å². The molecule has 0 bridgehead atoms. The third-order valence-corrected chi connectivity index (χ3v) is 5.89. The molecule has 0 saturated carbocycles. The lowest BCUT2D eigenvalue weighted by atomic mass is 10.0. The van der Waals surface area contributed by atoms with Gasteiger partial charge in [0, 0.05) is 11.8 Å². The Bertz CT molecular complexity index is 1110. The molecule has 1 heterocycles. The van der Waals surface area contributed by atoms with E-state index in [4.69, 9.17) is 9.72 Å². The summed E-state index contributed by atoms with van der Waals surface area (Å²) < 4.78 is 6.42. The maximum atomic E-state index is 13.3. The topological polar surface area (TPSA) is 54.5 Å². The number of nitrogens with zero attached hydrogens (tertiary/aromatic N) is 2. The van der Waals surface area contributed by atoms with E-state index in [0.717, 1.165) is 20.8 Å². The fraction of sp³-hybridized carbons (Fsp3) is 0.167. The van der Waals surface area contributed by atoms with Gasteiger partial charge in [0.15, 0.2) is 0 Å². The first-order valence-electron chi connectivity index (χ1n) is 9.68. The fourth-order valence-electron chi connectivity index (χ4n) is 3.44. The van der Waals surface area contributed by atoms with Crippen LogP contribution in [0.4, 0.5) is 5.69 Å². The molecule has 5 nitrogen and oxygen atoms in total. The zero-order chi connectivity index (χ0) is 20.9. The van der Waals surface area contributed by atoms with Crippen LogP contribution in [0, 0.1) is 0 Å². The van der Waals surface area contributed by atoms with Crippen molar-refractivity contribution in [3.63, 3.8) is 0 Å². The van der Waals surface area contributed by atoms with Gasteiger partial charge in [-0.3, -0.25) is 9.69 Å². The number of fused-ring (bicyclic) bond motifs is 1. The van der Waals surface area contributed by atoms with Crippen LogP contribution in [0.3, 0.4) is 0 Å². The second-order valence-electron chi connectivity index (χ2n) is 7.02. The molecule has 1 atom stereocenters. The van der Waals surface area contributed by atoms with Gasteiger partial charge in [0.25, 0.3) is 0 Å². The smallest absolute Gasteiger partial charge is 0.246 e. The van der Waals surface area contributed by atoms with Gasteiger partial charge < -0.3 is 10.1 Å². The predicted octanol–water partition coefficient (Wildman–Crippen LogP) is 5.12. The Morgan fingerprint density at radius 2 is 1.83 bits per heavy atom. The molecule has 0 saturated heterocycles. The Hall–Kier alpha value is -3.22. The Kier molecular flexibility index (Phi) is 6.07. The molecular formula is C24H23N3O2S. The standard InChI is InChI=1S/C24H23N3O2S/c1-27(16-22-26-20-13-6-7-14-21(20)30-22)23(17-9-4-3-5-10-17)24(28)25-18-11-8-12-19(15-18)29-2/h3-15,23H,16H2,1-2H3,(H,25,28)/t23-/m0/s1. The van der Waals surface area contributed by atoms with Crippen molar-refractivity contribution < 1.29 is 9.53 Å². The van der Waals surface area contributed by atoms with E-state index in [0.29, 0.717) is 18.0 Å². The quantitative estimate of drug-likeness (QED) is 0.454. The number of methoxy groups -OCH3 is 1. The average molecular weight is 418 g/mol. The van der Waals surface area contributed by atoms with Crippen molar-refractivity contribution in [3.05, 3.63) is 89.4 Å². The molecule has 0 aliphatic heterocycles. The highest BCUT2D eigenvalue weighted by atomic mass is 32.1. The van der Waals surface area contributed by atoms with Crippen molar-refractivity contribution in [3.8, 4) is 5.75 Å². The minimum atomic E-state index is -0.454. The number of ether oxygens (including phenoxy) is 1. The predicted molar refractivity (Wildman–Crippen MR) is 122 cm³/mol. The third kappa shape index (κ3) is 4.50. The van der Waals surface area contributed by atoms with Gasteiger partial charge in [-0.15, -0.1) is 11.3 Å². The highest BCUT2D eigenvalue weighted by Gasteiger charge is 2.26. The summed E-state index contributed by atoms with van der Waals surface area (Å²) in [6, 6.07) is 24.8. The van der Waals surface area contributed by atoms with Gasteiger partial charge in [0.05, 0.1) is 23.9 Å². The van der Waals surface area contributed by atoms with Crippen LogP contribution in [0.15, 0.2) is 78.9 Å². The number of aromatic nitrogens is 1. The van der Waals surface area contributed by atoms with Crippen LogP contribution in [0.2, 0.25) is 0 Å². The second kappa shape index (κ2) is 9.07. The minimum absolute atomic E-state index is 0.0990. The first-order chi connectivity index (χ1) is 14.6. The molecule has 152 valence electrons.